The fraction of sp³-hybridized carbons (Fsp3) is 0.0435. The predicted molar refractivity (Wildman–Crippen MR) is 130 cm³/mol. The number of nitrogens with zero attached hydrogens (tertiary/aromatic N) is 3. The fourth-order valence-corrected chi connectivity index (χ4v) is 4.48. The van der Waals surface area contributed by atoms with Gasteiger partial charge in [0.15, 0.2) is 4.32 Å². The summed E-state index contributed by atoms with van der Waals surface area (Å²) in [5, 5.41) is 11.1. The van der Waals surface area contributed by atoms with Gasteiger partial charge in [0.05, 0.1) is 15.5 Å². The van der Waals surface area contributed by atoms with Gasteiger partial charge in [-0.1, -0.05) is 60.4 Å². The number of para-hydroxylation sites is 1. The number of carbonyl (C=O) groups is 1. The third kappa shape index (κ3) is 4.35. The molecule has 1 amide bonds. The number of anilines is 3. The number of rotatable bonds is 5. The molecule has 0 radical (unpaired) electrons. The van der Waals surface area contributed by atoms with Gasteiger partial charge in [0.2, 0.25) is 0 Å². The number of carbonyl (C=O) groups excluding carboxylic acids is 1. The average Bonchev–Trinajstić information content (AvgIpc) is 3.07. The molecule has 4 rings (SSSR count). The Morgan fingerprint density at radius 1 is 1.00 bits per heavy atom. The summed E-state index contributed by atoms with van der Waals surface area (Å²) in [6.45, 7) is 0. The number of hydrogen-bond donors (Lipinski definition) is 0. The summed E-state index contributed by atoms with van der Waals surface area (Å²) in [7, 11) is 1.99. The summed E-state index contributed by atoms with van der Waals surface area (Å²) >= 11 is 6.54. The Balaban J connectivity index is 1.56. The van der Waals surface area contributed by atoms with Crippen LogP contribution in [0.4, 0.5) is 22.7 Å². The third-order valence-electron chi connectivity index (χ3n) is 4.81. The highest BCUT2D eigenvalue weighted by molar-refractivity contribution is 8.27. The topological polar surface area (TPSA) is 66.7 Å². The van der Waals surface area contributed by atoms with Crippen molar-refractivity contribution in [1.29, 1.82) is 0 Å². The van der Waals surface area contributed by atoms with Crippen LogP contribution in [0.3, 0.4) is 0 Å². The van der Waals surface area contributed by atoms with Crippen molar-refractivity contribution in [3.8, 4) is 0 Å². The standard InChI is InChI=1S/C23H17N3O3S2/c1-24(17-6-3-2-4-7-17)18-12-10-16(11-13-18)14-21-22(27)25(23(30)31-21)19-8-5-9-20(15-19)26(28)29/h2-15H,1H3. The van der Waals surface area contributed by atoms with Crippen molar-refractivity contribution < 1.29 is 9.72 Å². The molecule has 0 aromatic heterocycles. The van der Waals surface area contributed by atoms with Gasteiger partial charge in [0.25, 0.3) is 11.6 Å². The zero-order chi connectivity index (χ0) is 22.0. The van der Waals surface area contributed by atoms with Crippen molar-refractivity contribution in [3.63, 3.8) is 0 Å². The largest absolute Gasteiger partial charge is 0.345 e. The van der Waals surface area contributed by atoms with Crippen molar-refractivity contribution in [2.24, 2.45) is 0 Å². The summed E-state index contributed by atoms with van der Waals surface area (Å²) in [5.41, 5.74) is 3.26. The number of benzene rings is 3. The number of thiocarbonyl (C=S) groups is 1. The third-order valence-corrected chi connectivity index (χ3v) is 6.12. The average molecular weight is 448 g/mol. The fourth-order valence-electron chi connectivity index (χ4n) is 3.18. The van der Waals surface area contributed by atoms with Gasteiger partial charge in [-0.25, -0.2) is 0 Å². The quantitative estimate of drug-likeness (QED) is 0.214. The minimum Gasteiger partial charge on any atom is -0.345 e. The molecule has 0 N–H and O–H groups in total. The number of hydrogen-bond acceptors (Lipinski definition) is 6. The van der Waals surface area contributed by atoms with Gasteiger partial charge >= 0.3 is 0 Å². The van der Waals surface area contributed by atoms with Crippen molar-refractivity contribution in [2.75, 3.05) is 16.8 Å². The summed E-state index contributed by atoms with van der Waals surface area (Å²) in [5.74, 6) is -0.291. The molecule has 31 heavy (non-hydrogen) atoms. The highest BCUT2D eigenvalue weighted by atomic mass is 32.2. The molecular formula is C23H17N3O3S2. The van der Waals surface area contributed by atoms with E-state index < -0.39 is 4.92 Å². The molecule has 0 bridgehead atoms. The summed E-state index contributed by atoms with van der Waals surface area (Å²) in [4.78, 5) is 27.4. The van der Waals surface area contributed by atoms with Crippen LogP contribution in [0.1, 0.15) is 5.56 Å². The maximum absolute atomic E-state index is 12.9. The second-order valence-corrected chi connectivity index (χ2v) is 8.46. The molecule has 3 aromatic rings. The first-order valence-electron chi connectivity index (χ1n) is 9.35. The first kappa shape index (κ1) is 20.8. The highest BCUT2D eigenvalue weighted by Crippen LogP contribution is 2.37. The van der Waals surface area contributed by atoms with E-state index in [0.717, 1.165) is 16.9 Å². The van der Waals surface area contributed by atoms with Crippen molar-refractivity contribution in [2.45, 2.75) is 0 Å². The second kappa shape index (κ2) is 8.71. The molecule has 1 saturated heterocycles. The van der Waals surface area contributed by atoms with E-state index in [4.69, 9.17) is 12.2 Å². The van der Waals surface area contributed by atoms with E-state index in [1.807, 2.05) is 61.6 Å². The molecule has 8 heteroatoms. The predicted octanol–water partition coefficient (Wildman–Crippen LogP) is 5.77. The van der Waals surface area contributed by atoms with E-state index >= 15 is 0 Å². The Morgan fingerprint density at radius 2 is 1.68 bits per heavy atom. The van der Waals surface area contributed by atoms with Crippen LogP contribution in [0.25, 0.3) is 6.08 Å². The monoisotopic (exact) mass is 447 g/mol. The van der Waals surface area contributed by atoms with Crippen LogP contribution in [-0.2, 0) is 4.79 Å². The van der Waals surface area contributed by atoms with E-state index in [9.17, 15) is 14.9 Å². The van der Waals surface area contributed by atoms with Gasteiger partial charge < -0.3 is 4.90 Å². The first-order chi connectivity index (χ1) is 14.9. The molecule has 1 aliphatic rings. The minimum absolute atomic E-state index is 0.0892. The lowest BCUT2D eigenvalue weighted by Gasteiger charge is -2.19. The van der Waals surface area contributed by atoms with E-state index in [2.05, 4.69) is 4.90 Å². The zero-order valence-electron chi connectivity index (χ0n) is 16.5. The number of nitro groups is 1. The SMILES string of the molecule is CN(c1ccccc1)c1ccc(C=C2SC(=S)N(c3cccc([N+](=O)[O-])c3)C2=O)cc1. The van der Waals surface area contributed by atoms with Gasteiger partial charge in [-0.2, -0.15) is 0 Å². The minimum atomic E-state index is -0.495. The Hall–Kier alpha value is -3.49. The number of thioether (sulfide) groups is 1. The lowest BCUT2D eigenvalue weighted by molar-refractivity contribution is -0.384. The molecule has 154 valence electrons. The van der Waals surface area contributed by atoms with E-state index in [1.165, 1.54) is 34.9 Å². The van der Waals surface area contributed by atoms with E-state index in [0.29, 0.717) is 14.9 Å². The molecule has 0 spiro atoms. The van der Waals surface area contributed by atoms with Crippen molar-refractivity contribution >= 4 is 63.0 Å². The van der Waals surface area contributed by atoms with Crippen LogP contribution in [0, 0.1) is 10.1 Å². The summed E-state index contributed by atoms with van der Waals surface area (Å²) < 4.78 is 0.345. The van der Waals surface area contributed by atoms with Gasteiger partial charge in [-0.15, -0.1) is 0 Å². The van der Waals surface area contributed by atoms with E-state index in [1.54, 1.807) is 12.1 Å². The number of amides is 1. The molecule has 0 atom stereocenters. The van der Waals surface area contributed by atoms with Crippen LogP contribution >= 0.6 is 24.0 Å². The van der Waals surface area contributed by atoms with Crippen LogP contribution in [-0.4, -0.2) is 22.2 Å². The van der Waals surface area contributed by atoms with Crippen LogP contribution in [0.2, 0.25) is 0 Å². The molecular weight excluding hydrogens is 430 g/mol. The molecule has 0 aliphatic carbocycles. The Kier molecular flexibility index (Phi) is 5.83. The van der Waals surface area contributed by atoms with Crippen LogP contribution < -0.4 is 9.80 Å². The molecule has 0 saturated carbocycles. The first-order valence-corrected chi connectivity index (χ1v) is 10.6. The molecule has 3 aromatic carbocycles. The van der Waals surface area contributed by atoms with E-state index in [-0.39, 0.29) is 11.6 Å². The normalized spacial score (nSPS) is 14.9. The van der Waals surface area contributed by atoms with Crippen molar-refractivity contribution in [1.82, 2.24) is 0 Å². The van der Waals surface area contributed by atoms with Crippen LogP contribution in [0.15, 0.2) is 83.8 Å². The van der Waals surface area contributed by atoms with Gasteiger partial charge in [0.1, 0.15) is 0 Å². The molecule has 0 unspecified atom stereocenters. The second-order valence-electron chi connectivity index (χ2n) is 6.78. The molecule has 6 nitrogen and oxygen atoms in total. The Morgan fingerprint density at radius 3 is 2.35 bits per heavy atom. The molecule has 1 heterocycles. The maximum Gasteiger partial charge on any atom is 0.271 e. The Labute approximate surface area is 188 Å². The lowest BCUT2D eigenvalue weighted by atomic mass is 10.1. The molecule has 1 fully saturated rings. The highest BCUT2D eigenvalue weighted by Gasteiger charge is 2.33. The van der Waals surface area contributed by atoms with Crippen LogP contribution in [0.5, 0.6) is 0 Å². The summed E-state index contributed by atoms with van der Waals surface area (Å²) in [6, 6.07) is 23.8. The number of nitro benzene ring substituents is 1. The number of non-ortho nitro benzene ring substituents is 1. The lowest BCUT2D eigenvalue weighted by Crippen LogP contribution is -2.27. The van der Waals surface area contributed by atoms with Crippen molar-refractivity contribution in [3.05, 3.63) is 99.4 Å². The molecule has 1 aliphatic heterocycles. The maximum atomic E-state index is 12.9. The van der Waals surface area contributed by atoms with Gasteiger partial charge in [-0.3, -0.25) is 19.8 Å². The zero-order valence-corrected chi connectivity index (χ0v) is 18.1. The summed E-state index contributed by atoms with van der Waals surface area (Å²) in [6.07, 6.45) is 1.78. The van der Waals surface area contributed by atoms with Gasteiger partial charge in [-0.05, 0) is 42.0 Å². The smallest absolute Gasteiger partial charge is 0.271 e. The van der Waals surface area contributed by atoms with Gasteiger partial charge in [0, 0.05) is 30.6 Å². The Bertz CT molecular complexity index is 1190.